The summed E-state index contributed by atoms with van der Waals surface area (Å²) in [6, 6.07) is 33.2. The molecule has 0 unspecified atom stereocenters. The molecule has 0 N–H and O–H groups in total. The highest BCUT2D eigenvalue weighted by molar-refractivity contribution is 7.92. The van der Waals surface area contributed by atoms with Crippen molar-refractivity contribution in [3.05, 3.63) is 131 Å². The molecule has 4 rings (SSSR count). The molecule has 184 valence electrons. The standard InChI is InChI=1S/C30H30N2O3S/c1-24-18-19-28(20-25(24)2)32(36(34,35)29-16-10-5-11-17-29)23-30(33)31(21-26-12-6-3-7-13-26)22-27-14-8-4-9-15-27/h3-20H,21-23H2,1-2H3. The van der Waals surface area contributed by atoms with Crippen LogP contribution in [0.5, 0.6) is 0 Å². The van der Waals surface area contributed by atoms with Gasteiger partial charge in [0, 0.05) is 13.1 Å². The Morgan fingerprint density at radius 1 is 0.667 bits per heavy atom. The van der Waals surface area contributed by atoms with Gasteiger partial charge in [0.05, 0.1) is 10.6 Å². The molecule has 0 atom stereocenters. The fraction of sp³-hybridized carbons (Fsp3) is 0.167. The zero-order chi connectivity index (χ0) is 25.5. The van der Waals surface area contributed by atoms with Crippen molar-refractivity contribution in [3.8, 4) is 0 Å². The molecule has 0 saturated carbocycles. The molecule has 6 heteroatoms. The Labute approximate surface area is 213 Å². The van der Waals surface area contributed by atoms with Crippen LogP contribution in [0.4, 0.5) is 5.69 Å². The number of aryl methyl sites for hydroxylation is 2. The topological polar surface area (TPSA) is 57.7 Å². The molecule has 36 heavy (non-hydrogen) atoms. The first-order valence-electron chi connectivity index (χ1n) is 11.9. The van der Waals surface area contributed by atoms with Gasteiger partial charge in [0.15, 0.2) is 0 Å². The van der Waals surface area contributed by atoms with Gasteiger partial charge in [0.1, 0.15) is 6.54 Å². The summed E-state index contributed by atoms with van der Waals surface area (Å²) in [4.78, 5) is 15.6. The first kappa shape index (κ1) is 25.2. The summed E-state index contributed by atoms with van der Waals surface area (Å²) in [5.74, 6) is -0.277. The predicted octanol–water partition coefficient (Wildman–Crippen LogP) is 5.73. The van der Waals surface area contributed by atoms with E-state index in [2.05, 4.69) is 0 Å². The number of hydrogen-bond donors (Lipinski definition) is 0. The summed E-state index contributed by atoms with van der Waals surface area (Å²) in [6.07, 6.45) is 0. The largest absolute Gasteiger partial charge is 0.332 e. The lowest BCUT2D eigenvalue weighted by atomic mass is 10.1. The number of hydrogen-bond acceptors (Lipinski definition) is 3. The normalized spacial score (nSPS) is 11.2. The minimum atomic E-state index is -3.97. The van der Waals surface area contributed by atoms with Gasteiger partial charge in [0.2, 0.25) is 5.91 Å². The molecule has 4 aromatic carbocycles. The molecule has 1 amide bonds. The summed E-state index contributed by atoms with van der Waals surface area (Å²) < 4.78 is 28.7. The molecule has 0 bridgehead atoms. The second-order valence-electron chi connectivity index (χ2n) is 8.81. The number of amides is 1. The molecular weight excluding hydrogens is 468 g/mol. The molecule has 4 aromatic rings. The fourth-order valence-electron chi connectivity index (χ4n) is 3.98. The lowest BCUT2D eigenvalue weighted by Gasteiger charge is -2.29. The number of nitrogens with zero attached hydrogens (tertiary/aromatic N) is 2. The summed E-state index contributed by atoms with van der Waals surface area (Å²) in [5, 5.41) is 0. The molecule has 0 aliphatic heterocycles. The van der Waals surface area contributed by atoms with Gasteiger partial charge >= 0.3 is 0 Å². The fourth-order valence-corrected chi connectivity index (χ4v) is 5.41. The van der Waals surface area contributed by atoms with Crippen LogP contribution in [-0.4, -0.2) is 25.8 Å². The van der Waals surface area contributed by atoms with E-state index in [9.17, 15) is 13.2 Å². The molecule has 0 fully saturated rings. The van der Waals surface area contributed by atoms with Crippen molar-refractivity contribution in [1.29, 1.82) is 0 Å². The number of rotatable bonds is 9. The Balaban J connectivity index is 1.71. The van der Waals surface area contributed by atoms with Crippen LogP contribution in [0.2, 0.25) is 0 Å². The van der Waals surface area contributed by atoms with Gasteiger partial charge in [-0.25, -0.2) is 8.42 Å². The molecule has 0 spiro atoms. The summed E-state index contributed by atoms with van der Waals surface area (Å²) in [5.41, 5.74) is 4.43. The van der Waals surface area contributed by atoms with Crippen LogP contribution in [0.3, 0.4) is 0 Å². The molecule has 5 nitrogen and oxygen atoms in total. The Morgan fingerprint density at radius 3 is 1.67 bits per heavy atom. The van der Waals surface area contributed by atoms with Gasteiger partial charge in [0.25, 0.3) is 10.0 Å². The molecule has 0 aliphatic rings. The number of benzene rings is 4. The van der Waals surface area contributed by atoms with E-state index >= 15 is 0 Å². The van der Waals surface area contributed by atoms with Gasteiger partial charge in [-0.2, -0.15) is 0 Å². The van der Waals surface area contributed by atoms with Crippen LogP contribution in [0.25, 0.3) is 0 Å². The monoisotopic (exact) mass is 498 g/mol. The van der Waals surface area contributed by atoms with Crippen molar-refractivity contribution >= 4 is 21.6 Å². The predicted molar refractivity (Wildman–Crippen MR) is 144 cm³/mol. The minimum Gasteiger partial charge on any atom is -0.332 e. The van der Waals surface area contributed by atoms with E-state index in [-0.39, 0.29) is 17.3 Å². The molecule has 0 aromatic heterocycles. The summed E-state index contributed by atoms with van der Waals surface area (Å²) in [6.45, 7) is 4.35. The van der Waals surface area contributed by atoms with E-state index in [0.29, 0.717) is 18.8 Å². The first-order chi connectivity index (χ1) is 17.3. The zero-order valence-electron chi connectivity index (χ0n) is 20.5. The van der Waals surface area contributed by atoms with E-state index in [0.717, 1.165) is 22.3 Å². The van der Waals surface area contributed by atoms with Crippen LogP contribution in [-0.2, 0) is 27.9 Å². The molecule has 0 saturated heterocycles. The van der Waals surface area contributed by atoms with Crippen LogP contribution in [0, 0.1) is 13.8 Å². The average molecular weight is 499 g/mol. The van der Waals surface area contributed by atoms with Crippen molar-refractivity contribution in [3.63, 3.8) is 0 Å². The molecule has 0 heterocycles. The van der Waals surface area contributed by atoms with Gasteiger partial charge in [-0.1, -0.05) is 84.9 Å². The number of carbonyl (C=O) groups is 1. The van der Waals surface area contributed by atoms with Crippen molar-refractivity contribution in [2.24, 2.45) is 0 Å². The zero-order valence-corrected chi connectivity index (χ0v) is 21.4. The average Bonchev–Trinajstić information content (AvgIpc) is 2.90. The van der Waals surface area contributed by atoms with Crippen LogP contribution >= 0.6 is 0 Å². The molecular formula is C30H30N2O3S. The maximum atomic E-state index is 13.8. The smallest absolute Gasteiger partial charge is 0.264 e. The lowest BCUT2D eigenvalue weighted by Crippen LogP contribution is -2.42. The maximum absolute atomic E-state index is 13.8. The van der Waals surface area contributed by atoms with Gasteiger partial charge < -0.3 is 4.90 Å². The van der Waals surface area contributed by atoms with Crippen molar-refractivity contribution in [2.45, 2.75) is 31.8 Å². The van der Waals surface area contributed by atoms with E-state index in [1.54, 1.807) is 41.3 Å². The third-order valence-electron chi connectivity index (χ3n) is 6.17. The van der Waals surface area contributed by atoms with Gasteiger partial charge in [-0.05, 0) is 60.4 Å². The number of anilines is 1. The van der Waals surface area contributed by atoms with Gasteiger partial charge in [-0.3, -0.25) is 9.10 Å². The van der Waals surface area contributed by atoms with Crippen LogP contribution in [0.15, 0.2) is 114 Å². The highest BCUT2D eigenvalue weighted by Gasteiger charge is 2.29. The van der Waals surface area contributed by atoms with Crippen molar-refractivity contribution in [2.75, 3.05) is 10.8 Å². The SMILES string of the molecule is Cc1ccc(N(CC(=O)N(Cc2ccccc2)Cc2ccccc2)S(=O)(=O)c2ccccc2)cc1C. The van der Waals surface area contributed by atoms with E-state index in [1.807, 2.05) is 86.6 Å². The van der Waals surface area contributed by atoms with E-state index in [4.69, 9.17) is 0 Å². The second-order valence-corrected chi connectivity index (χ2v) is 10.7. The highest BCUT2D eigenvalue weighted by Crippen LogP contribution is 2.26. The Hall–Kier alpha value is -3.90. The van der Waals surface area contributed by atoms with Gasteiger partial charge in [-0.15, -0.1) is 0 Å². The van der Waals surface area contributed by atoms with E-state index < -0.39 is 10.0 Å². The highest BCUT2D eigenvalue weighted by atomic mass is 32.2. The van der Waals surface area contributed by atoms with Crippen molar-refractivity contribution in [1.82, 2.24) is 4.90 Å². The van der Waals surface area contributed by atoms with Crippen molar-refractivity contribution < 1.29 is 13.2 Å². The van der Waals surface area contributed by atoms with Crippen LogP contribution in [0.1, 0.15) is 22.3 Å². The molecule has 0 radical (unpaired) electrons. The second kappa shape index (κ2) is 11.2. The Bertz CT molecular complexity index is 1370. The Morgan fingerprint density at radius 2 is 1.17 bits per heavy atom. The van der Waals surface area contributed by atoms with Crippen LogP contribution < -0.4 is 4.31 Å². The number of sulfonamides is 1. The third-order valence-corrected chi connectivity index (χ3v) is 7.96. The lowest BCUT2D eigenvalue weighted by molar-refractivity contribution is -0.130. The first-order valence-corrected chi connectivity index (χ1v) is 13.3. The maximum Gasteiger partial charge on any atom is 0.264 e. The summed E-state index contributed by atoms with van der Waals surface area (Å²) >= 11 is 0. The quantitative estimate of drug-likeness (QED) is 0.296. The van der Waals surface area contributed by atoms with E-state index in [1.165, 1.54) is 4.31 Å². The third kappa shape index (κ3) is 6.01. The number of carbonyl (C=O) groups excluding carboxylic acids is 1. The Kier molecular flexibility index (Phi) is 7.86. The summed E-state index contributed by atoms with van der Waals surface area (Å²) in [7, 11) is -3.97. The minimum absolute atomic E-state index is 0.147. The molecule has 0 aliphatic carbocycles.